The van der Waals surface area contributed by atoms with Crippen LogP contribution in [0, 0.1) is 0 Å². The number of rotatable bonds is 3. The van der Waals surface area contributed by atoms with Gasteiger partial charge in [0.2, 0.25) is 0 Å². The van der Waals surface area contributed by atoms with E-state index in [1.807, 2.05) is 0 Å². The minimum Gasteiger partial charge on any atom is -0.301 e. The molecule has 148 valence electrons. The SMILES string of the molecule is CCc1cc2nc3c(nc2cc1CC)N1c2ccccc2CC1N3c1ccccc1. The molecule has 4 aromatic rings. The first-order valence-electron chi connectivity index (χ1n) is 10.8. The van der Waals surface area contributed by atoms with Gasteiger partial charge in [-0.05, 0) is 59.9 Å². The summed E-state index contributed by atoms with van der Waals surface area (Å²) < 4.78 is 0. The van der Waals surface area contributed by atoms with E-state index in [1.54, 1.807) is 0 Å². The minimum atomic E-state index is 0.174. The summed E-state index contributed by atoms with van der Waals surface area (Å²) in [5.41, 5.74) is 8.49. The molecule has 0 bridgehead atoms. The van der Waals surface area contributed by atoms with Crippen LogP contribution in [0.1, 0.15) is 30.5 Å². The van der Waals surface area contributed by atoms with Gasteiger partial charge in [0.05, 0.1) is 11.0 Å². The second kappa shape index (κ2) is 6.56. The smallest absolute Gasteiger partial charge is 0.179 e. The fraction of sp³-hybridized carbons (Fsp3) is 0.231. The van der Waals surface area contributed by atoms with Crippen LogP contribution in [0.2, 0.25) is 0 Å². The van der Waals surface area contributed by atoms with Crippen LogP contribution in [0.5, 0.6) is 0 Å². The molecule has 0 saturated carbocycles. The molecule has 0 N–H and O–H groups in total. The first-order valence-corrected chi connectivity index (χ1v) is 10.8. The Balaban J connectivity index is 1.62. The zero-order valence-corrected chi connectivity index (χ0v) is 17.3. The van der Waals surface area contributed by atoms with E-state index in [0.717, 1.165) is 47.6 Å². The summed E-state index contributed by atoms with van der Waals surface area (Å²) in [5.74, 6) is 1.92. The van der Waals surface area contributed by atoms with Gasteiger partial charge in [0.1, 0.15) is 6.17 Å². The molecule has 3 heterocycles. The Kier molecular flexibility index (Phi) is 3.82. The van der Waals surface area contributed by atoms with E-state index in [9.17, 15) is 0 Å². The number of nitrogens with zero attached hydrogens (tertiary/aromatic N) is 4. The van der Waals surface area contributed by atoms with E-state index < -0.39 is 0 Å². The predicted octanol–water partition coefficient (Wildman–Crippen LogP) is 5.93. The Morgan fingerprint density at radius 2 is 1.37 bits per heavy atom. The summed E-state index contributed by atoms with van der Waals surface area (Å²) >= 11 is 0. The number of fused-ring (bicyclic) bond motifs is 6. The molecule has 2 aliphatic heterocycles. The Hall–Kier alpha value is -3.40. The van der Waals surface area contributed by atoms with E-state index in [0.29, 0.717) is 0 Å². The molecule has 0 saturated heterocycles. The third kappa shape index (κ3) is 2.40. The number of benzene rings is 3. The average Bonchev–Trinajstić information content (AvgIpc) is 3.31. The lowest BCUT2D eigenvalue weighted by Crippen LogP contribution is -2.35. The Bertz CT molecular complexity index is 1220. The molecule has 1 aromatic heterocycles. The monoisotopic (exact) mass is 392 g/mol. The van der Waals surface area contributed by atoms with Crippen molar-refractivity contribution in [2.24, 2.45) is 0 Å². The molecule has 30 heavy (non-hydrogen) atoms. The minimum absolute atomic E-state index is 0.174. The van der Waals surface area contributed by atoms with Crippen LogP contribution < -0.4 is 9.80 Å². The van der Waals surface area contributed by atoms with Crippen LogP contribution in [-0.2, 0) is 19.3 Å². The fourth-order valence-electron chi connectivity index (χ4n) is 5.01. The summed E-state index contributed by atoms with van der Waals surface area (Å²) in [5, 5.41) is 0. The molecule has 6 rings (SSSR count). The number of hydrogen-bond acceptors (Lipinski definition) is 4. The normalized spacial score (nSPS) is 16.7. The summed E-state index contributed by atoms with van der Waals surface area (Å²) in [7, 11) is 0. The van der Waals surface area contributed by atoms with Gasteiger partial charge in [-0.2, -0.15) is 0 Å². The second-order valence-electron chi connectivity index (χ2n) is 8.08. The van der Waals surface area contributed by atoms with Gasteiger partial charge in [-0.15, -0.1) is 0 Å². The molecule has 0 amide bonds. The van der Waals surface area contributed by atoms with E-state index >= 15 is 0 Å². The van der Waals surface area contributed by atoms with Crippen LogP contribution in [0.25, 0.3) is 11.0 Å². The molecule has 2 aliphatic rings. The highest BCUT2D eigenvalue weighted by molar-refractivity contribution is 5.91. The van der Waals surface area contributed by atoms with E-state index in [-0.39, 0.29) is 6.17 Å². The largest absolute Gasteiger partial charge is 0.301 e. The molecule has 3 aromatic carbocycles. The van der Waals surface area contributed by atoms with Gasteiger partial charge >= 0.3 is 0 Å². The number of para-hydroxylation sites is 2. The zero-order valence-electron chi connectivity index (χ0n) is 17.3. The van der Waals surface area contributed by atoms with Crippen molar-refractivity contribution in [1.82, 2.24) is 9.97 Å². The van der Waals surface area contributed by atoms with Gasteiger partial charge in [-0.25, -0.2) is 9.97 Å². The molecule has 0 radical (unpaired) electrons. The first-order chi connectivity index (χ1) is 14.8. The number of aryl methyl sites for hydroxylation is 2. The summed E-state index contributed by atoms with van der Waals surface area (Å²) in [6.45, 7) is 4.43. The fourth-order valence-corrected chi connectivity index (χ4v) is 5.01. The molecule has 0 fully saturated rings. The summed E-state index contributed by atoms with van der Waals surface area (Å²) in [6.07, 6.45) is 3.17. The number of anilines is 4. The molecular weight excluding hydrogens is 368 g/mol. The van der Waals surface area contributed by atoms with Gasteiger partial charge in [-0.1, -0.05) is 50.2 Å². The third-order valence-corrected chi connectivity index (χ3v) is 6.45. The van der Waals surface area contributed by atoms with E-state index in [2.05, 4.69) is 90.4 Å². The van der Waals surface area contributed by atoms with Crippen molar-refractivity contribution in [3.8, 4) is 0 Å². The second-order valence-corrected chi connectivity index (χ2v) is 8.08. The van der Waals surface area contributed by atoms with Crippen LogP contribution >= 0.6 is 0 Å². The average molecular weight is 393 g/mol. The summed E-state index contributed by atoms with van der Waals surface area (Å²) in [6, 6.07) is 23.7. The Morgan fingerprint density at radius 1 is 0.767 bits per heavy atom. The lowest BCUT2D eigenvalue weighted by Gasteiger charge is -2.26. The van der Waals surface area contributed by atoms with Gasteiger partial charge in [0.25, 0.3) is 0 Å². The highest BCUT2D eigenvalue weighted by Gasteiger charge is 2.45. The molecule has 1 unspecified atom stereocenters. The zero-order chi connectivity index (χ0) is 20.2. The van der Waals surface area contributed by atoms with Crippen LogP contribution in [0.4, 0.5) is 23.0 Å². The van der Waals surface area contributed by atoms with Crippen LogP contribution in [0.15, 0.2) is 66.7 Å². The quantitative estimate of drug-likeness (QED) is 0.433. The van der Waals surface area contributed by atoms with E-state index in [4.69, 9.17) is 9.97 Å². The van der Waals surface area contributed by atoms with Crippen molar-refractivity contribution < 1.29 is 0 Å². The Morgan fingerprint density at radius 3 is 2.03 bits per heavy atom. The van der Waals surface area contributed by atoms with Crippen LogP contribution in [0.3, 0.4) is 0 Å². The lowest BCUT2D eigenvalue weighted by atomic mass is 10.0. The third-order valence-electron chi connectivity index (χ3n) is 6.45. The molecular formula is C26H24N4. The molecule has 4 heteroatoms. The van der Waals surface area contributed by atoms with Crippen molar-refractivity contribution in [3.63, 3.8) is 0 Å². The van der Waals surface area contributed by atoms with Crippen molar-refractivity contribution >= 4 is 34.0 Å². The van der Waals surface area contributed by atoms with Gasteiger partial charge < -0.3 is 9.80 Å². The highest BCUT2D eigenvalue weighted by Crippen LogP contribution is 2.51. The van der Waals surface area contributed by atoms with Crippen molar-refractivity contribution in [3.05, 3.63) is 83.4 Å². The molecule has 1 atom stereocenters. The maximum absolute atomic E-state index is 5.18. The molecule has 0 spiro atoms. The highest BCUT2D eigenvalue weighted by atomic mass is 15.5. The topological polar surface area (TPSA) is 32.3 Å². The maximum Gasteiger partial charge on any atom is 0.179 e. The molecule has 0 aliphatic carbocycles. The Labute approximate surface area is 176 Å². The number of hydrogen-bond donors (Lipinski definition) is 0. The summed E-state index contributed by atoms with van der Waals surface area (Å²) in [4.78, 5) is 15.1. The van der Waals surface area contributed by atoms with Gasteiger partial charge in [-0.3, -0.25) is 0 Å². The standard InChI is InChI=1S/C26H24N4/c1-3-17-14-21-22(15-18(17)4-2)28-26-25(27-21)29(20-11-6-5-7-12-20)24-16-19-10-8-9-13-23(19)30(24)26/h5-15,24H,3-4,16H2,1-2H3. The van der Waals surface area contributed by atoms with E-state index in [1.165, 1.54) is 22.4 Å². The molecule has 4 nitrogen and oxygen atoms in total. The predicted molar refractivity (Wildman–Crippen MR) is 123 cm³/mol. The van der Waals surface area contributed by atoms with Crippen LogP contribution in [-0.4, -0.2) is 16.1 Å². The van der Waals surface area contributed by atoms with Gasteiger partial charge in [0.15, 0.2) is 11.6 Å². The lowest BCUT2D eigenvalue weighted by molar-refractivity contribution is 0.724. The first kappa shape index (κ1) is 17.5. The van der Waals surface area contributed by atoms with Crippen molar-refractivity contribution in [2.45, 2.75) is 39.3 Å². The van der Waals surface area contributed by atoms with Crippen molar-refractivity contribution in [1.29, 1.82) is 0 Å². The maximum atomic E-state index is 5.18. The number of aromatic nitrogens is 2. The van der Waals surface area contributed by atoms with Gasteiger partial charge in [0, 0.05) is 17.8 Å². The van der Waals surface area contributed by atoms with Crippen molar-refractivity contribution in [2.75, 3.05) is 9.80 Å².